The molecular weight excluding hydrogens is 547 g/mol. The Hall–Kier alpha value is -1.75. The van der Waals surface area contributed by atoms with E-state index in [1.54, 1.807) is 0 Å². The van der Waals surface area contributed by atoms with E-state index in [1.807, 2.05) is 0 Å². The number of halogens is 2. The van der Waals surface area contributed by atoms with E-state index in [9.17, 15) is 0 Å². The quantitative estimate of drug-likeness (QED) is 0.221. The van der Waals surface area contributed by atoms with Gasteiger partial charge in [-0.05, 0) is 53.8 Å². The Bertz CT molecular complexity index is 1200. The SMILES string of the molecule is C[Si](C)(C1[C@H](Cc2ccccc2)C[C@@H]2C=CC=C[C@H]12)N1c2ccccc2[N-]c2ccccc21.[CH3-].[Cl][Ti][Cl]. The maximum absolute atomic E-state index is 5.02. The van der Waals surface area contributed by atoms with Crippen LogP contribution in [-0.2, 0) is 23.5 Å². The van der Waals surface area contributed by atoms with Crippen LogP contribution in [0.15, 0.2) is 103 Å². The van der Waals surface area contributed by atoms with Gasteiger partial charge in [0.2, 0.25) is 0 Å². The van der Waals surface area contributed by atoms with Crippen LogP contribution in [0.3, 0.4) is 0 Å². The summed E-state index contributed by atoms with van der Waals surface area (Å²) in [5.41, 5.74) is 6.90. The Morgan fingerprint density at radius 2 is 1.38 bits per heavy atom. The fourth-order valence-corrected chi connectivity index (χ4v) is 11.4. The van der Waals surface area contributed by atoms with Gasteiger partial charge in [0, 0.05) is 11.4 Å². The van der Waals surface area contributed by atoms with Crippen LogP contribution in [0.25, 0.3) is 5.32 Å². The van der Waals surface area contributed by atoms with Gasteiger partial charge in [0.05, 0.1) is 0 Å². The number of hydrogen-bond acceptors (Lipinski definition) is 1. The predicted molar refractivity (Wildman–Crippen MR) is 161 cm³/mol. The molecule has 1 heterocycles. The molecule has 3 aliphatic rings. The van der Waals surface area contributed by atoms with Crippen molar-refractivity contribution in [2.45, 2.75) is 31.5 Å². The Balaban J connectivity index is 0.000000765. The minimum atomic E-state index is -2.01. The van der Waals surface area contributed by atoms with Crippen molar-refractivity contribution in [2.75, 3.05) is 4.57 Å². The number of para-hydroxylation sites is 4. The molecule has 192 valence electrons. The van der Waals surface area contributed by atoms with Crippen molar-refractivity contribution in [1.82, 2.24) is 0 Å². The summed E-state index contributed by atoms with van der Waals surface area (Å²) in [7, 11) is 7.77. The molecule has 0 aromatic heterocycles. The average Bonchev–Trinajstić information content (AvgIpc) is 3.27. The molecule has 1 aliphatic heterocycles. The molecule has 3 aromatic rings. The molecule has 3 aromatic carbocycles. The Labute approximate surface area is 240 Å². The summed E-state index contributed by atoms with van der Waals surface area (Å²) in [6, 6.07) is 28.6. The van der Waals surface area contributed by atoms with Crippen LogP contribution in [0.5, 0.6) is 0 Å². The normalized spacial score (nSPS) is 22.9. The van der Waals surface area contributed by atoms with Crippen LogP contribution in [-0.4, -0.2) is 8.24 Å². The number of nitrogens with zero attached hydrogens (tertiary/aromatic N) is 2. The minimum absolute atomic E-state index is 0. The molecule has 0 radical (unpaired) electrons. The first-order chi connectivity index (χ1) is 17.5. The van der Waals surface area contributed by atoms with Gasteiger partial charge >= 0.3 is 35.6 Å². The van der Waals surface area contributed by atoms with Gasteiger partial charge in [-0.2, -0.15) is 0 Å². The third-order valence-electron chi connectivity index (χ3n) is 8.01. The molecular formula is C31H34Cl2N2SiTi-2. The van der Waals surface area contributed by atoms with E-state index in [-0.39, 0.29) is 7.43 Å². The van der Waals surface area contributed by atoms with E-state index >= 15 is 0 Å². The fraction of sp³-hybridized carbons (Fsp3) is 0.258. The van der Waals surface area contributed by atoms with Gasteiger partial charge in [-0.1, -0.05) is 104 Å². The number of hydrogen-bond donors (Lipinski definition) is 0. The summed E-state index contributed by atoms with van der Waals surface area (Å²) in [5.74, 6) is 1.94. The summed E-state index contributed by atoms with van der Waals surface area (Å²) >= 11 is -0.556. The van der Waals surface area contributed by atoms with Crippen molar-refractivity contribution in [3.63, 3.8) is 0 Å². The van der Waals surface area contributed by atoms with Crippen LogP contribution < -0.4 is 4.57 Å². The monoisotopic (exact) mass is 580 g/mol. The summed E-state index contributed by atoms with van der Waals surface area (Å²) in [6.07, 6.45) is 12.0. The topological polar surface area (TPSA) is 17.3 Å². The Kier molecular flexibility index (Phi) is 9.48. The van der Waals surface area contributed by atoms with Gasteiger partial charge < -0.3 is 17.3 Å². The molecule has 0 bridgehead atoms. The molecule has 37 heavy (non-hydrogen) atoms. The number of anilines is 2. The summed E-state index contributed by atoms with van der Waals surface area (Å²) < 4.78 is 2.74. The zero-order valence-corrected chi connectivity index (χ0v) is 25.8. The zero-order chi connectivity index (χ0) is 25.1. The summed E-state index contributed by atoms with van der Waals surface area (Å²) in [6.45, 7) is 5.20. The summed E-state index contributed by atoms with van der Waals surface area (Å²) in [4.78, 5) is 0. The molecule has 1 fully saturated rings. The van der Waals surface area contributed by atoms with Crippen LogP contribution >= 0.6 is 18.6 Å². The van der Waals surface area contributed by atoms with Crippen LogP contribution in [0.2, 0.25) is 18.6 Å². The van der Waals surface area contributed by atoms with Crippen LogP contribution in [0.4, 0.5) is 22.7 Å². The summed E-state index contributed by atoms with van der Waals surface area (Å²) in [5, 5.41) is 5.02. The third kappa shape index (κ3) is 5.67. The molecule has 2 aliphatic carbocycles. The van der Waals surface area contributed by atoms with Crippen molar-refractivity contribution < 1.29 is 17.0 Å². The maximum atomic E-state index is 5.02. The first kappa shape index (κ1) is 28.3. The second-order valence-corrected chi connectivity index (χ2v) is 17.4. The molecule has 0 saturated heterocycles. The second kappa shape index (κ2) is 12.4. The molecule has 1 saturated carbocycles. The van der Waals surface area contributed by atoms with Gasteiger partial charge in [0.25, 0.3) is 0 Å². The van der Waals surface area contributed by atoms with E-state index in [0.29, 0.717) is 23.3 Å². The standard InChI is InChI=1S/C30H31N2Si.CH3.2ClH.Ti/c1-33(2,32-28-18-10-8-16-26(28)31-27-17-9-11-19-29(27)32)30-24(20-22-12-4-3-5-13-22)21-23-14-6-7-15-25(23)30;;;;/h3-19,23-25,30H,20-21H2,1-2H3;1H3;2*1H;/q2*-1;;;+2/p-2/t23-,24+,25-,30?;;;;/m0..../s1. The van der Waals surface area contributed by atoms with Gasteiger partial charge in [-0.3, -0.25) is 0 Å². The van der Waals surface area contributed by atoms with E-state index in [2.05, 4.69) is 121 Å². The first-order valence-corrected chi connectivity index (χ1v) is 19.9. The van der Waals surface area contributed by atoms with Crippen LogP contribution in [0.1, 0.15) is 12.0 Å². The molecule has 0 amide bonds. The average molecular weight is 581 g/mol. The van der Waals surface area contributed by atoms with Crippen molar-refractivity contribution in [2.24, 2.45) is 17.8 Å². The van der Waals surface area contributed by atoms with Gasteiger partial charge in [0.15, 0.2) is 8.24 Å². The molecule has 0 N–H and O–H groups in total. The van der Waals surface area contributed by atoms with E-state index in [4.69, 9.17) is 23.9 Å². The van der Waals surface area contributed by atoms with Gasteiger partial charge in [0.1, 0.15) is 0 Å². The molecule has 4 atom stereocenters. The fourth-order valence-electron chi connectivity index (χ4n) is 6.80. The zero-order valence-electron chi connectivity index (χ0n) is 21.7. The van der Waals surface area contributed by atoms with Crippen molar-refractivity contribution in [1.29, 1.82) is 0 Å². The molecule has 0 spiro atoms. The van der Waals surface area contributed by atoms with E-state index in [0.717, 1.165) is 17.8 Å². The van der Waals surface area contributed by atoms with Crippen molar-refractivity contribution >= 4 is 49.6 Å². The van der Waals surface area contributed by atoms with Gasteiger partial charge in [-0.25, -0.2) is 0 Å². The van der Waals surface area contributed by atoms with E-state index < -0.39 is 25.3 Å². The van der Waals surface area contributed by atoms with Crippen LogP contribution in [0, 0.1) is 25.2 Å². The molecule has 1 unspecified atom stereocenters. The molecule has 2 nitrogen and oxygen atoms in total. The first-order valence-electron chi connectivity index (χ1n) is 12.6. The molecule has 6 heteroatoms. The van der Waals surface area contributed by atoms with Crippen molar-refractivity contribution in [3.8, 4) is 0 Å². The number of benzene rings is 3. The Morgan fingerprint density at radius 1 is 0.838 bits per heavy atom. The van der Waals surface area contributed by atoms with Crippen molar-refractivity contribution in [3.05, 3.63) is 121 Å². The predicted octanol–water partition coefficient (Wildman–Crippen LogP) is 10.5. The number of fused-ring (bicyclic) bond motifs is 3. The number of allylic oxidation sites excluding steroid dienone is 4. The Morgan fingerprint density at radius 3 is 2.00 bits per heavy atom. The van der Waals surface area contributed by atoms with Gasteiger partial charge in [-0.15, -0.1) is 11.4 Å². The molecule has 6 rings (SSSR count). The van der Waals surface area contributed by atoms with E-state index in [1.165, 1.54) is 23.4 Å². The number of rotatable bonds is 4. The third-order valence-corrected chi connectivity index (χ3v) is 12.1. The second-order valence-electron chi connectivity index (χ2n) is 10.4.